The van der Waals surface area contributed by atoms with Gasteiger partial charge in [-0.05, 0) is 62.1 Å². The Morgan fingerprint density at radius 2 is 1.69 bits per heavy atom. The summed E-state index contributed by atoms with van der Waals surface area (Å²) >= 11 is 0. The third-order valence-electron chi connectivity index (χ3n) is 5.47. The van der Waals surface area contributed by atoms with Gasteiger partial charge in [0, 0.05) is 13.1 Å². The quantitative estimate of drug-likeness (QED) is 0.682. The van der Waals surface area contributed by atoms with E-state index in [9.17, 15) is 22.4 Å². The number of piperidine rings is 1. The molecule has 0 spiro atoms. The fraction of sp³-hybridized carbons (Fsp3) is 0.391. The molecule has 0 aromatic heterocycles. The van der Waals surface area contributed by atoms with Gasteiger partial charge in [0.15, 0.2) is 0 Å². The van der Waals surface area contributed by atoms with Gasteiger partial charge in [-0.1, -0.05) is 19.1 Å². The minimum atomic E-state index is -3.85. The lowest BCUT2D eigenvalue weighted by atomic mass is 10.1. The van der Waals surface area contributed by atoms with Crippen LogP contribution in [0, 0.1) is 5.82 Å². The number of carbonyl (C=O) groups excluding carboxylic acids is 2. The summed E-state index contributed by atoms with van der Waals surface area (Å²) in [6, 6.07) is 10.6. The van der Waals surface area contributed by atoms with E-state index in [1.54, 1.807) is 36.1 Å². The Hall–Kier alpha value is -2.94. The topological polar surface area (TPSA) is 86.8 Å². The molecule has 1 saturated heterocycles. The highest BCUT2D eigenvalue weighted by molar-refractivity contribution is 7.92. The molecular formula is C23H28FN3O4S. The van der Waals surface area contributed by atoms with Crippen molar-refractivity contribution >= 4 is 33.2 Å². The van der Waals surface area contributed by atoms with E-state index in [0.29, 0.717) is 24.3 Å². The van der Waals surface area contributed by atoms with Gasteiger partial charge in [0.25, 0.3) is 5.91 Å². The third kappa shape index (κ3) is 5.45. The van der Waals surface area contributed by atoms with Crippen molar-refractivity contribution in [3.8, 4) is 0 Å². The standard InChI is InChI=1S/C23H28FN3O4S/c1-3-21(27(32(2,30)31)18-13-11-17(24)12-14-18)22(28)25-20-10-6-5-9-19(20)23(29)26-15-7-4-8-16-26/h5-6,9-14,21H,3-4,7-8,15-16H2,1-2H3,(H,25,28)/t21-/m1/s1. The monoisotopic (exact) mass is 461 g/mol. The second-order valence-corrected chi connectivity index (χ2v) is 9.71. The Morgan fingerprint density at radius 1 is 1.06 bits per heavy atom. The number of hydrogen-bond donors (Lipinski definition) is 1. The van der Waals surface area contributed by atoms with E-state index < -0.39 is 27.8 Å². The number of rotatable bonds is 7. The summed E-state index contributed by atoms with van der Waals surface area (Å²) in [6.07, 6.45) is 4.15. The van der Waals surface area contributed by atoms with Gasteiger partial charge in [-0.15, -0.1) is 0 Å². The molecule has 0 unspecified atom stereocenters. The number of sulfonamides is 1. The molecule has 1 fully saturated rings. The van der Waals surface area contributed by atoms with Crippen molar-refractivity contribution in [3.05, 3.63) is 59.9 Å². The molecule has 2 amide bonds. The number of nitrogens with one attached hydrogen (secondary N) is 1. The second kappa shape index (κ2) is 10.1. The summed E-state index contributed by atoms with van der Waals surface area (Å²) in [7, 11) is -3.85. The van der Waals surface area contributed by atoms with E-state index in [1.165, 1.54) is 12.1 Å². The fourth-order valence-electron chi connectivity index (χ4n) is 3.91. The largest absolute Gasteiger partial charge is 0.339 e. The third-order valence-corrected chi connectivity index (χ3v) is 6.65. The van der Waals surface area contributed by atoms with Crippen LogP contribution in [-0.4, -0.2) is 50.5 Å². The number of anilines is 2. The van der Waals surface area contributed by atoms with Gasteiger partial charge in [-0.2, -0.15) is 0 Å². The lowest BCUT2D eigenvalue weighted by Crippen LogP contribution is -2.47. The number of para-hydroxylation sites is 1. The highest BCUT2D eigenvalue weighted by atomic mass is 32.2. The van der Waals surface area contributed by atoms with Gasteiger partial charge in [0.2, 0.25) is 15.9 Å². The fourth-order valence-corrected chi connectivity index (χ4v) is 5.12. The first-order valence-corrected chi connectivity index (χ1v) is 12.5. The number of benzene rings is 2. The summed E-state index contributed by atoms with van der Waals surface area (Å²) in [6.45, 7) is 3.03. The first-order valence-electron chi connectivity index (χ1n) is 10.7. The second-order valence-electron chi connectivity index (χ2n) is 7.85. The van der Waals surface area contributed by atoms with Crippen molar-refractivity contribution in [1.82, 2.24) is 4.90 Å². The van der Waals surface area contributed by atoms with Crippen LogP contribution in [-0.2, 0) is 14.8 Å². The van der Waals surface area contributed by atoms with Crippen LogP contribution >= 0.6 is 0 Å². The Balaban J connectivity index is 1.89. The van der Waals surface area contributed by atoms with E-state index >= 15 is 0 Å². The molecule has 2 aromatic carbocycles. The molecule has 1 heterocycles. The van der Waals surface area contributed by atoms with Crippen LogP contribution in [0.2, 0.25) is 0 Å². The summed E-state index contributed by atoms with van der Waals surface area (Å²) in [5.41, 5.74) is 0.887. The Labute approximate surface area is 188 Å². The van der Waals surface area contributed by atoms with Crippen LogP contribution in [0.5, 0.6) is 0 Å². The van der Waals surface area contributed by atoms with E-state index in [1.807, 2.05) is 0 Å². The van der Waals surface area contributed by atoms with E-state index in [0.717, 1.165) is 42.0 Å². The first-order chi connectivity index (χ1) is 15.2. The first kappa shape index (κ1) is 23.7. The van der Waals surface area contributed by atoms with Gasteiger partial charge in [-0.25, -0.2) is 12.8 Å². The molecule has 1 aliphatic rings. The molecule has 0 aliphatic carbocycles. The van der Waals surface area contributed by atoms with E-state index in [-0.39, 0.29) is 18.0 Å². The van der Waals surface area contributed by atoms with Crippen molar-refractivity contribution in [2.75, 3.05) is 29.0 Å². The predicted molar refractivity (Wildman–Crippen MR) is 123 cm³/mol. The number of likely N-dealkylation sites (tertiary alicyclic amines) is 1. The number of halogens is 1. The predicted octanol–water partition coefficient (Wildman–Crippen LogP) is 3.64. The Kier molecular flexibility index (Phi) is 7.50. The molecule has 2 aromatic rings. The maximum atomic E-state index is 13.4. The molecule has 1 N–H and O–H groups in total. The molecule has 32 heavy (non-hydrogen) atoms. The maximum Gasteiger partial charge on any atom is 0.255 e. The number of carbonyl (C=O) groups is 2. The SMILES string of the molecule is CC[C@H](C(=O)Nc1ccccc1C(=O)N1CCCCC1)N(c1ccc(F)cc1)S(C)(=O)=O. The van der Waals surface area contributed by atoms with Crippen LogP contribution in [0.3, 0.4) is 0 Å². The lowest BCUT2D eigenvalue weighted by Gasteiger charge is -2.31. The maximum absolute atomic E-state index is 13.4. The normalized spacial score (nSPS) is 15.2. The van der Waals surface area contributed by atoms with Gasteiger partial charge in [0.1, 0.15) is 11.9 Å². The molecule has 172 valence electrons. The molecule has 7 nitrogen and oxygen atoms in total. The minimum Gasteiger partial charge on any atom is -0.339 e. The van der Waals surface area contributed by atoms with Crippen LogP contribution in [0.25, 0.3) is 0 Å². The van der Waals surface area contributed by atoms with Gasteiger partial charge >= 0.3 is 0 Å². The molecule has 0 saturated carbocycles. The zero-order chi connectivity index (χ0) is 23.3. The average molecular weight is 462 g/mol. The van der Waals surface area contributed by atoms with Gasteiger partial charge in [0.05, 0.1) is 23.2 Å². The molecule has 1 aliphatic heterocycles. The van der Waals surface area contributed by atoms with Crippen molar-refractivity contribution in [1.29, 1.82) is 0 Å². The summed E-state index contributed by atoms with van der Waals surface area (Å²) < 4.78 is 39.4. The zero-order valence-corrected chi connectivity index (χ0v) is 19.1. The molecule has 9 heteroatoms. The smallest absolute Gasteiger partial charge is 0.255 e. The molecule has 0 radical (unpaired) electrons. The number of amides is 2. The van der Waals surface area contributed by atoms with Crippen LogP contribution in [0.4, 0.5) is 15.8 Å². The van der Waals surface area contributed by atoms with Gasteiger partial charge < -0.3 is 10.2 Å². The van der Waals surface area contributed by atoms with E-state index in [4.69, 9.17) is 0 Å². The lowest BCUT2D eigenvalue weighted by molar-refractivity contribution is -0.117. The van der Waals surface area contributed by atoms with Crippen molar-refractivity contribution in [3.63, 3.8) is 0 Å². The van der Waals surface area contributed by atoms with Crippen molar-refractivity contribution in [2.24, 2.45) is 0 Å². The molecule has 1 atom stereocenters. The molecular weight excluding hydrogens is 433 g/mol. The Morgan fingerprint density at radius 3 is 2.28 bits per heavy atom. The molecule has 0 bridgehead atoms. The summed E-state index contributed by atoms with van der Waals surface area (Å²) in [4.78, 5) is 28.0. The highest BCUT2D eigenvalue weighted by Gasteiger charge is 2.32. The van der Waals surface area contributed by atoms with Crippen LogP contribution in [0.15, 0.2) is 48.5 Å². The van der Waals surface area contributed by atoms with Gasteiger partial charge in [-0.3, -0.25) is 13.9 Å². The average Bonchev–Trinajstić information content (AvgIpc) is 2.78. The summed E-state index contributed by atoms with van der Waals surface area (Å²) in [5, 5.41) is 2.75. The van der Waals surface area contributed by atoms with E-state index in [2.05, 4.69) is 5.32 Å². The van der Waals surface area contributed by atoms with Crippen molar-refractivity contribution in [2.45, 2.75) is 38.6 Å². The number of nitrogens with zero attached hydrogens (tertiary/aromatic N) is 2. The van der Waals surface area contributed by atoms with Crippen molar-refractivity contribution < 1.29 is 22.4 Å². The summed E-state index contributed by atoms with van der Waals surface area (Å²) in [5.74, 6) is -1.24. The Bertz CT molecular complexity index is 1070. The van der Waals surface area contributed by atoms with Crippen LogP contribution in [0.1, 0.15) is 43.0 Å². The zero-order valence-electron chi connectivity index (χ0n) is 18.3. The number of hydrogen-bond acceptors (Lipinski definition) is 4. The molecule has 3 rings (SSSR count). The highest BCUT2D eigenvalue weighted by Crippen LogP contribution is 2.25. The van der Waals surface area contributed by atoms with Crippen LogP contribution < -0.4 is 9.62 Å². The minimum absolute atomic E-state index is 0.160.